The molecule has 0 bridgehead atoms. The minimum Gasteiger partial charge on any atom is -0.444 e. The van der Waals surface area contributed by atoms with Crippen molar-refractivity contribution in [1.29, 1.82) is 0 Å². The summed E-state index contributed by atoms with van der Waals surface area (Å²) in [6, 6.07) is 18.6. The van der Waals surface area contributed by atoms with Crippen molar-refractivity contribution in [3.05, 3.63) is 76.8 Å². The molecule has 33 heavy (non-hydrogen) atoms. The molecule has 8 nitrogen and oxygen atoms in total. The first-order valence-electron chi connectivity index (χ1n) is 11.0. The van der Waals surface area contributed by atoms with Gasteiger partial charge in [-0.1, -0.05) is 48.5 Å². The standard InChI is InChI=1S/C25H28N4O4/c1-25(2,3)33-24(32)28-16-14-27(15-17-28)22(30)20-21(18-10-6-4-7-11-18)29(23(31)26-20)19-12-8-5-9-13-19/h4-13H,14-17H2,1-3H3,(H,26,31). The molecular weight excluding hydrogens is 420 g/mol. The summed E-state index contributed by atoms with van der Waals surface area (Å²) >= 11 is 0. The molecule has 1 aromatic heterocycles. The summed E-state index contributed by atoms with van der Waals surface area (Å²) in [6.07, 6.45) is -0.386. The Morgan fingerprint density at radius 2 is 1.39 bits per heavy atom. The number of hydrogen-bond acceptors (Lipinski definition) is 4. The Bertz CT molecular complexity index is 1180. The molecule has 0 saturated carbocycles. The summed E-state index contributed by atoms with van der Waals surface area (Å²) in [5.74, 6) is -0.274. The number of ether oxygens (including phenoxy) is 1. The summed E-state index contributed by atoms with van der Waals surface area (Å²) in [4.78, 5) is 44.9. The molecular formula is C25H28N4O4. The van der Waals surface area contributed by atoms with Crippen LogP contribution in [0.25, 0.3) is 16.9 Å². The van der Waals surface area contributed by atoms with Gasteiger partial charge in [-0.3, -0.25) is 9.36 Å². The second-order valence-electron chi connectivity index (χ2n) is 8.95. The van der Waals surface area contributed by atoms with Crippen LogP contribution in [0.3, 0.4) is 0 Å². The smallest absolute Gasteiger partial charge is 0.410 e. The van der Waals surface area contributed by atoms with E-state index in [9.17, 15) is 14.4 Å². The van der Waals surface area contributed by atoms with Gasteiger partial charge >= 0.3 is 11.8 Å². The number of nitrogens with zero attached hydrogens (tertiary/aromatic N) is 3. The van der Waals surface area contributed by atoms with E-state index in [4.69, 9.17) is 4.74 Å². The highest BCUT2D eigenvalue weighted by molar-refractivity contribution is 5.98. The zero-order valence-corrected chi connectivity index (χ0v) is 19.1. The van der Waals surface area contributed by atoms with E-state index in [1.54, 1.807) is 9.80 Å². The molecule has 2 aromatic carbocycles. The van der Waals surface area contributed by atoms with E-state index in [0.29, 0.717) is 37.6 Å². The highest BCUT2D eigenvalue weighted by atomic mass is 16.6. The van der Waals surface area contributed by atoms with E-state index >= 15 is 0 Å². The van der Waals surface area contributed by atoms with Crippen LogP contribution in [-0.2, 0) is 4.74 Å². The van der Waals surface area contributed by atoms with E-state index in [1.165, 1.54) is 4.57 Å². The fourth-order valence-electron chi connectivity index (χ4n) is 3.86. The number of aromatic nitrogens is 2. The molecule has 4 rings (SSSR count). The fourth-order valence-corrected chi connectivity index (χ4v) is 3.86. The number of rotatable bonds is 3. The van der Waals surface area contributed by atoms with Crippen molar-refractivity contribution < 1.29 is 14.3 Å². The summed E-state index contributed by atoms with van der Waals surface area (Å²) in [7, 11) is 0. The molecule has 1 saturated heterocycles. The summed E-state index contributed by atoms with van der Waals surface area (Å²) < 4.78 is 6.96. The topological polar surface area (TPSA) is 87.6 Å². The number of carbonyl (C=O) groups excluding carboxylic acids is 2. The number of hydrogen-bond donors (Lipinski definition) is 1. The lowest BCUT2D eigenvalue weighted by Gasteiger charge is -2.35. The minimum atomic E-state index is -0.575. The van der Waals surface area contributed by atoms with E-state index in [-0.39, 0.29) is 23.4 Å². The van der Waals surface area contributed by atoms with Gasteiger partial charge in [-0.25, -0.2) is 9.59 Å². The predicted molar refractivity (Wildman–Crippen MR) is 126 cm³/mol. The zero-order chi connectivity index (χ0) is 23.6. The second-order valence-corrected chi connectivity index (χ2v) is 8.95. The number of para-hydroxylation sites is 1. The van der Waals surface area contributed by atoms with Gasteiger partial charge in [-0.2, -0.15) is 0 Å². The first-order chi connectivity index (χ1) is 15.7. The molecule has 2 amide bonds. The van der Waals surface area contributed by atoms with Crippen LogP contribution in [-0.4, -0.2) is 63.1 Å². The largest absolute Gasteiger partial charge is 0.444 e. The Morgan fingerprint density at radius 3 is 1.97 bits per heavy atom. The normalized spacial score (nSPS) is 14.3. The van der Waals surface area contributed by atoms with Gasteiger partial charge in [-0.15, -0.1) is 0 Å². The zero-order valence-electron chi connectivity index (χ0n) is 19.1. The van der Waals surface area contributed by atoms with Crippen LogP contribution < -0.4 is 5.69 Å². The summed E-state index contributed by atoms with van der Waals surface area (Å²) in [6.45, 7) is 6.90. The average molecular weight is 449 g/mol. The number of benzene rings is 2. The molecule has 2 heterocycles. The number of carbonyl (C=O) groups is 2. The Hall–Kier alpha value is -3.81. The molecule has 0 atom stereocenters. The Morgan fingerprint density at radius 1 is 0.848 bits per heavy atom. The van der Waals surface area contributed by atoms with Crippen LogP contribution in [0.15, 0.2) is 65.5 Å². The molecule has 0 aliphatic carbocycles. The van der Waals surface area contributed by atoms with Gasteiger partial charge in [0.15, 0.2) is 0 Å². The van der Waals surface area contributed by atoms with Crippen molar-refractivity contribution in [1.82, 2.24) is 19.4 Å². The second kappa shape index (κ2) is 8.97. The highest BCUT2D eigenvalue weighted by Crippen LogP contribution is 2.26. The maximum atomic E-state index is 13.5. The van der Waals surface area contributed by atoms with Crippen molar-refractivity contribution in [3.8, 4) is 16.9 Å². The van der Waals surface area contributed by atoms with Gasteiger partial charge < -0.3 is 19.5 Å². The van der Waals surface area contributed by atoms with Crippen molar-refractivity contribution >= 4 is 12.0 Å². The number of piperazine rings is 1. The minimum absolute atomic E-state index is 0.237. The first-order valence-corrected chi connectivity index (χ1v) is 11.0. The van der Waals surface area contributed by atoms with Crippen molar-refractivity contribution in [2.75, 3.05) is 26.2 Å². The van der Waals surface area contributed by atoms with Gasteiger partial charge in [0.1, 0.15) is 11.3 Å². The lowest BCUT2D eigenvalue weighted by atomic mass is 10.1. The van der Waals surface area contributed by atoms with Gasteiger partial charge in [0, 0.05) is 31.7 Å². The summed E-state index contributed by atoms with van der Waals surface area (Å²) in [5, 5.41) is 0. The summed E-state index contributed by atoms with van der Waals surface area (Å²) in [5.41, 5.74) is 1.24. The molecule has 0 unspecified atom stereocenters. The Balaban J connectivity index is 1.63. The van der Waals surface area contributed by atoms with Gasteiger partial charge in [0.2, 0.25) is 0 Å². The maximum Gasteiger partial charge on any atom is 0.410 e. The van der Waals surface area contributed by atoms with Crippen LogP contribution in [0, 0.1) is 0 Å². The first kappa shape index (κ1) is 22.4. The fraction of sp³-hybridized carbons (Fsp3) is 0.320. The van der Waals surface area contributed by atoms with Crippen molar-refractivity contribution in [3.63, 3.8) is 0 Å². The van der Waals surface area contributed by atoms with Crippen LogP contribution in [0.4, 0.5) is 4.79 Å². The van der Waals surface area contributed by atoms with Gasteiger partial charge in [0.25, 0.3) is 5.91 Å². The number of amides is 2. The van der Waals surface area contributed by atoms with Crippen molar-refractivity contribution in [2.24, 2.45) is 0 Å². The van der Waals surface area contributed by atoms with Gasteiger partial charge in [0.05, 0.1) is 11.4 Å². The van der Waals surface area contributed by atoms with E-state index in [2.05, 4.69) is 4.98 Å². The SMILES string of the molecule is CC(C)(C)OC(=O)N1CCN(C(=O)c2[nH]c(=O)n(-c3ccccc3)c2-c2ccccc2)CC1. The third-order valence-corrected chi connectivity index (χ3v) is 5.39. The van der Waals surface area contributed by atoms with E-state index in [0.717, 1.165) is 5.56 Å². The Labute approximate surface area is 192 Å². The van der Waals surface area contributed by atoms with E-state index < -0.39 is 5.60 Å². The quantitative estimate of drug-likeness (QED) is 0.664. The number of imidazole rings is 1. The molecule has 0 spiro atoms. The highest BCUT2D eigenvalue weighted by Gasteiger charge is 2.31. The van der Waals surface area contributed by atoms with Crippen LogP contribution in [0.2, 0.25) is 0 Å². The van der Waals surface area contributed by atoms with E-state index in [1.807, 2.05) is 81.4 Å². The molecule has 0 radical (unpaired) electrons. The average Bonchev–Trinajstić information content (AvgIpc) is 3.15. The van der Waals surface area contributed by atoms with Crippen LogP contribution >= 0.6 is 0 Å². The molecule has 172 valence electrons. The lowest BCUT2D eigenvalue weighted by molar-refractivity contribution is 0.0140. The molecule has 1 aliphatic heterocycles. The predicted octanol–water partition coefficient (Wildman–Crippen LogP) is 3.53. The van der Waals surface area contributed by atoms with Gasteiger partial charge in [-0.05, 0) is 32.9 Å². The molecule has 1 aliphatic rings. The molecule has 1 N–H and O–H groups in total. The third kappa shape index (κ3) is 4.84. The molecule has 3 aromatic rings. The number of aromatic amines is 1. The van der Waals surface area contributed by atoms with Crippen LogP contribution in [0.5, 0.6) is 0 Å². The number of H-pyrrole nitrogens is 1. The Kier molecular flexibility index (Phi) is 6.09. The lowest BCUT2D eigenvalue weighted by Crippen LogP contribution is -2.51. The van der Waals surface area contributed by atoms with Crippen LogP contribution in [0.1, 0.15) is 31.3 Å². The molecule has 8 heteroatoms. The monoisotopic (exact) mass is 448 g/mol. The van der Waals surface area contributed by atoms with Crippen molar-refractivity contribution in [2.45, 2.75) is 26.4 Å². The maximum absolute atomic E-state index is 13.5. The number of nitrogens with one attached hydrogen (secondary N) is 1. The third-order valence-electron chi connectivity index (χ3n) is 5.39. The molecule has 1 fully saturated rings.